The zero-order valence-electron chi connectivity index (χ0n) is 11.7. The Balaban J connectivity index is 2.24. The van der Waals surface area contributed by atoms with E-state index < -0.39 is 10.0 Å². The topological polar surface area (TPSA) is 71.1 Å². The third kappa shape index (κ3) is 3.42. The van der Waals surface area contributed by atoms with Crippen molar-refractivity contribution in [3.63, 3.8) is 0 Å². The molecule has 112 valence electrons. The molecule has 0 unspecified atom stereocenters. The zero-order chi connectivity index (χ0) is 14.8. The molecular weight excluding hydrogens is 298 g/mol. The lowest BCUT2D eigenvalue weighted by molar-refractivity contribution is 0.294. The summed E-state index contributed by atoms with van der Waals surface area (Å²) < 4.78 is 27.7. The van der Waals surface area contributed by atoms with E-state index in [2.05, 4.69) is 15.0 Å². The van der Waals surface area contributed by atoms with Gasteiger partial charge in [0.05, 0.1) is 5.02 Å². The summed E-state index contributed by atoms with van der Waals surface area (Å²) >= 11 is 6.00. The summed E-state index contributed by atoms with van der Waals surface area (Å²) in [5.74, 6) is 0.467. The molecule has 0 bridgehead atoms. The van der Waals surface area contributed by atoms with Gasteiger partial charge < -0.3 is 5.32 Å². The first kappa shape index (κ1) is 15.5. The van der Waals surface area contributed by atoms with Gasteiger partial charge in [0.1, 0.15) is 10.7 Å². The van der Waals surface area contributed by atoms with E-state index in [0.717, 1.165) is 25.7 Å². The first-order chi connectivity index (χ1) is 9.36. The highest BCUT2D eigenvalue weighted by Crippen LogP contribution is 2.30. The SMILES string of the molecule is CNc1ncc(S(=O)(=O)NC2(C)CCCCC2)cc1Cl. The van der Waals surface area contributed by atoms with E-state index in [1.165, 1.54) is 18.7 Å². The molecule has 0 radical (unpaired) electrons. The van der Waals surface area contributed by atoms with Crippen LogP contribution in [0, 0.1) is 0 Å². The molecule has 5 nitrogen and oxygen atoms in total. The number of anilines is 1. The van der Waals surface area contributed by atoms with Crippen molar-refractivity contribution in [3.05, 3.63) is 17.3 Å². The maximum atomic E-state index is 12.4. The molecule has 2 rings (SSSR count). The number of halogens is 1. The molecule has 1 saturated carbocycles. The van der Waals surface area contributed by atoms with E-state index in [9.17, 15) is 8.42 Å². The molecule has 1 aromatic heterocycles. The average Bonchev–Trinajstić information content (AvgIpc) is 2.38. The van der Waals surface area contributed by atoms with E-state index in [-0.39, 0.29) is 10.4 Å². The van der Waals surface area contributed by atoms with Crippen molar-refractivity contribution in [1.82, 2.24) is 9.71 Å². The lowest BCUT2D eigenvalue weighted by Gasteiger charge is -2.34. The number of pyridine rings is 1. The number of hydrogen-bond acceptors (Lipinski definition) is 4. The minimum absolute atomic E-state index is 0.105. The van der Waals surface area contributed by atoms with E-state index in [4.69, 9.17) is 11.6 Å². The average molecular weight is 318 g/mol. The summed E-state index contributed by atoms with van der Waals surface area (Å²) in [5.41, 5.74) is -0.370. The minimum atomic E-state index is -3.59. The molecule has 1 aliphatic rings. The highest BCUT2D eigenvalue weighted by Gasteiger charge is 2.32. The fourth-order valence-corrected chi connectivity index (χ4v) is 4.33. The third-order valence-electron chi connectivity index (χ3n) is 3.70. The molecule has 0 amide bonds. The van der Waals surface area contributed by atoms with Gasteiger partial charge in [0.25, 0.3) is 0 Å². The summed E-state index contributed by atoms with van der Waals surface area (Å²) in [4.78, 5) is 4.12. The normalized spacial score (nSPS) is 18.8. The van der Waals surface area contributed by atoms with Crippen molar-refractivity contribution in [3.8, 4) is 0 Å². The van der Waals surface area contributed by atoms with Crippen LogP contribution in [0.2, 0.25) is 5.02 Å². The van der Waals surface area contributed by atoms with E-state index in [1.54, 1.807) is 7.05 Å². The lowest BCUT2D eigenvalue weighted by Crippen LogP contribution is -2.47. The van der Waals surface area contributed by atoms with Gasteiger partial charge in [-0.1, -0.05) is 30.9 Å². The van der Waals surface area contributed by atoms with Gasteiger partial charge in [0.2, 0.25) is 10.0 Å². The summed E-state index contributed by atoms with van der Waals surface area (Å²) in [5, 5.41) is 3.10. The molecule has 0 aliphatic heterocycles. The van der Waals surface area contributed by atoms with Gasteiger partial charge in [-0.15, -0.1) is 0 Å². The molecule has 1 aromatic rings. The number of sulfonamides is 1. The third-order valence-corrected chi connectivity index (χ3v) is 5.59. The largest absolute Gasteiger partial charge is 0.372 e. The van der Waals surface area contributed by atoms with Gasteiger partial charge in [-0.25, -0.2) is 18.1 Å². The Morgan fingerprint density at radius 2 is 1.95 bits per heavy atom. The van der Waals surface area contributed by atoms with Crippen LogP contribution in [0.25, 0.3) is 0 Å². The highest BCUT2D eigenvalue weighted by atomic mass is 35.5. The predicted octanol–water partition coefficient (Wildman–Crippen LogP) is 2.78. The Morgan fingerprint density at radius 3 is 2.50 bits per heavy atom. The number of rotatable bonds is 4. The van der Waals surface area contributed by atoms with Crippen LogP contribution in [0.5, 0.6) is 0 Å². The highest BCUT2D eigenvalue weighted by molar-refractivity contribution is 7.89. The molecule has 20 heavy (non-hydrogen) atoms. The fourth-order valence-electron chi connectivity index (χ4n) is 2.57. The number of nitrogens with one attached hydrogen (secondary N) is 2. The van der Waals surface area contributed by atoms with Crippen LogP contribution in [-0.2, 0) is 10.0 Å². The molecule has 1 aliphatic carbocycles. The van der Waals surface area contributed by atoms with Crippen molar-refractivity contribution in [1.29, 1.82) is 0 Å². The Morgan fingerprint density at radius 1 is 1.30 bits per heavy atom. The monoisotopic (exact) mass is 317 g/mol. The quantitative estimate of drug-likeness (QED) is 0.895. The Hall–Kier alpha value is -0.850. The number of hydrogen-bond donors (Lipinski definition) is 2. The molecule has 2 N–H and O–H groups in total. The van der Waals surface area contributed by atoms with Crippen molar-refractivity contribution >= 4 is 27.4 Å². The molecule has 0 aromatic carbocycles. The zero-order valence-corrected chi connectivity index (χ0v) is 13.3. The molecular formula is C13H20ClN3O2S. The predicted molar refractivity (Wildman–Crippen MR) is 80.6 cm³/mol. The van der Waals surface area contributed by atoms with Gasteiger partial charge in [0, 0.05) is 18.8 Å². The fraction of sp³-hybridized carbons (Fsp3) is 0.615. The van der Waals surface area contributed by atoms with E-state index in [1.807, 2.05) is 6.92 Å². The first-order valence-electron chi connectivity index (χ1n) is 6.74. The molecule has 1 heterocycles. The molecule has 0 atom stereocenters. The van der Waals surface area contributed by atoms with Crippen molar-refractivity contribution < 1.29 is 8.42 Å². The molecule has 1 fully saturated rings. The summed E-state index contributed by atoms with van der Waals surface area (Å²) in [6.45, 7) is 1.96. The van der Waals surface area contributed by atoms with Crippen molar-refractivity contribution in [2.24, 2.45) is 0 Å². The van der Waals surface area contributed by atoms with Gasteiger partial charge in [-0.05, 0) is 25.8 Å². The Labute approximate surface area is 125 Å². The minimum Gasteiger partial charge on any atom is -0.372 e. The number of aromatic nitrogens is 1. The smallest absolute Gasteiger partial charge is 0.242 e. The summed E-state index contributed by atoms with van der Waals surface area (Å²) in [7, 11) is -1.91. The van der Waals surface area contributed by atoms with Crippen molar-refractivity contribution in [2.45, 2.75) is 49.5 Å². The Kier molecular flexibility index (Phi) is 4.56. The van der Waals surface area contributed by atoms with Gasteiger partial charge in [0.15, 0.2) is 0 Å². The lowest BCUT2D eigenvalue weighted by atomic mass is 9.84. The second-order valence-electron chi connectivity index (χ2n) is 5.48. The summed E-state index contributed by atoms with van der Waals surface area (Å²) in [6.07, 6.45) is 6.32. The maximum absolute atomic E-state index is 12.4. The number of nitrogens with zero attached hydrogens (tertiary/aromatic N) is 1. The second-order valence-corrected chi connectivity index (χ2v) is 7.57. The molecule has 0 spiro atoms. The van der Waals surface area contributed by atoms with Gasteiger partial charge in [-0.3, -0.25) is 0 Å². The van der Waals surface area contributed by atoms with Crippen molar-refractivity contribution in [2.75, 3.05) is 12.4 Å². The standard InChI is InChI=1S/C13H20ClN3O2S/c1-13(6-4-3-5-7-13)17-20(18,19)10-8-11(14)12(15-2)16-9-10/h8-9,17H,3-7H2,1-2H3,(H,15,16). The second kappa shape index (κ2) is 5.87. The molecule has 7 heteroatoms. The van der Waals surface area contributed by atoms with Crippen LogP contribution < -0.4 is 10.0 Å². The van der Waals surface area contributed by atoms with Crippen LogP contribution in [0.15, 0.2) is 17.2 Å². The van der Waals surface area contributed by atoms with Gasteiger partial charge in [-0.2, -0.15) is 0 Å². The maximum Gasteiger partial charge on any atom is 0.242 e. The first-order valence-corrected chi connectivity index (χ1v) is 8.60. The van der Waals surface area contributed by atoms with Crippen LogP contribution in [0.3, 0.4) is 0 Å². The van der Waals surface area contributed by atoms with Gasteiger partial charge >= 0.3 is 0 Å². The Bertz CT molecular complexity index is 583. The summed E-state index contributed by atoms with van der Waals surface area (Å²) in [6, 6.07) is 1.43. The van der Waals surface area contributed by atoms with E-state index in [0.29, 0.717) is 10.8 Å². The van der Waals surface area contributed by atoms with Crippen LogP contribution in [-0.4, -0.2) is 26.0 Å². The van der Waals surface area contributed by atoms with Crippen LogP contribution in [0.4, 0.5) is 5.82 Å². The van der Waals surface area contributed by atoms with Crippen LogP contribution >= 0.6 is 11.6 Å². The van der Waals surface area contributed by atoms with Crippen LogP contribution in [0.1, 0.15) is 39.0 Å². The molecule has 0 saturated heterocycles. The van der Waals surface area contributed by atoms with E-state index >= 15 is 0 Å².